The molecule has 0 saturated heterocycles. The molecule has 0 aliphatic heterocycles. The fourth-order valence-corrected chi connectivity index (χ4v) is 1.95. The number of carbonyl (C=O) groups is 1. The summed E-state index contributed by atoms with van der Waals surface area (Å²) in [5.74, 6) is -0.119. The molecule has 3 N–H and O–H groups in total. The average Bonchev–Trinajstić information content (AvgIpc) is 2.48. The lowest BCUT2D eigenvalue weighted by molar-refractivity contribution is -0.118. The Balaban J connectivity index is 2.18. The number of hydrogen-bond donors (Lipinski definition) is 2. The Morgan fingerprint density at radius 2 is 1.81 bits per heavy atom. The maximum Gasteiger partial charge on any atom is 0.244 e. The van der Waals surface area contributed by atoms with Gasteiger partial charge in [0.15, 0.2) is 0 Å². The first kappa shape index (κ1) is 14.8. The van der Waals surface area contributed by atoms with Crippen LogP contribution in [-0.4, -0.2) is 12.5 Å². The van der Waals surface area contributed by atoms with E-state index in [-0.39, 0.29) is 5.82 Å². The van der Waals surface area contributed by atoms with Gasteiger partial charge in [-0.25, -0.2) is 4.39 Å². The normalized spacial score (nSPS) is 11.7. The summed E-state index contributed by atoms with van der Waals surface area (Å²) in [7, 11) is 0. The van der Waals surface area contributed by atoms with E-state index in [0.717, 1.165) is 11.3 Å². The van der Waals surface area contributed by atoms with E-state index in [9.17, 15) is 9.18 Å². The quantitative estimate of drug-likeness (QED) is 0.859. The summed E-state index contributed by atoms with van der Waals surface area (Å²) in [5, 5.41) is 2.99. The third-order valence-corrected chi connectivity index (χ3v) is 2.96. The first-order valence-electron chi connectivity index (χ1n) is 6.64. The highest BCUT2D eigenvalue weighted by Crippen LogP contribution is 2.22. The summed E-state index contributed by atoms with van der Waals surface area (Å²) in [6, 6.07) is 12.2. The van der Waals surface area contributed by atoms with Gasteiger partial charge in [-0.2, -0.15) is 0 Å². The van der Waals surface area contributed by atoms with E-state index in [1.54, 1.807) is 36.4 Å². The van der Waals surface area contributed by atoms with Crippen LogP contribution in [0.2, 0.25) is 0 Å². The van der Waals surface area contributed by atoms with Crippen LogP contribution in [0.4, 0.5) is 10.1 Å². The van der Waals surface area contributed by atoms with Gasteiger partial charge >= 0.3 is 0 Å². The molecule has 0 bridgehead atoms. The van der Waals surface area contributed by atoms with Gasteiger partial charge in [0.1, 0.15) is 17.6 Å². The molecule has 0 aromatic heterocycles. The first-order valence-corrected chi connectivity index (χ1v) is 6.64. The standard InChI is InChI=1S/C16H17FN2O2/c1-2-21-14-9-3-11(4-10-14)15(16(18)20)19-13-7-5-12(17)6-8-13/h3-10,15,19H,2H2,1H3,(H2,18,20). The summed E-state index contributed by atoms with van der Waals surface area (Å²) in [5.41, 5.74) is 6.77. The molecule has 1 unspecified atom stereocenters. The minimum absolute atomic E-state index is 0.336. The number of rotatable bonds is 6. The van der Waals surface area contributed by atoms with Crippen molar-refractivity contribution in [3.05, 3.63) is 59.9 Å². The largest absolute Gasteiger partial charge is 0.494 e. The highest BCUT2D eigenvalue weighted by molar-refractivity contribution is 5.84. The molecule has 0 aliphatic rings. The zero-order valence-electron chi connectivity index (χ0n) is 11.7. The Bertz CT molecular complexity index is 597. The summed E-state index contributed by atoms with van der Waals surface area (Å²) in [6.45, 7) is 2.47. The molecular weight excluding hydrogens is 271 g/mol. The molecule has 0 spiro atoms. The van der Waals surface area contributed by atoms with Crippen LogP contribution in [0.5, 0.6) is 5.75 Å². The van der Waals surface area contributed by atoms with E-state index in [0.29, 0.717) is 12.3 Å². The van der Waals surface area contributed by atoms with Crippen molar-refractivity contribution in [2.24, 2.45) is 5.73 Å². The fourth-order valence-electron chi connectivity index (χ4n) is 1.95. The predicted octanol–water partition coefficient (Wildman–Crippen LogP) is 2.86. The molecule has 0 radical (unpaired) electrons. The van der Waals surface area contributed by atoms with E-state index in [1.807, 2.05) is 6.92 Å². The van der Waals surface area contributed by atoms with Crippen LogP contribution < -0.4 is 15.8 Å². The van der Waals surface area contributed by atoms with E-state index in [1.165, 1.54) is 12.1 Å². The Morgan fingerprint density at radius 3 is 2.33 bits per heavy atom. The number of hydrogen-bond acceptors (Lipinski definition) is 3. The molecule has 0 fully saturated rings. The number of carbonyl (C=O) groups excluding carboxylic acids is 1. The van der Waals surface area contributed by atoms with Crippen molar-refractivity contribution in [1.82, 2.24) is 0 Å². The maximum atomic E-state index is 12.9. The van der Waals surface area contributed by atoms with Gasteiger partial charge in [0.2, 0.25) is 5.91 Å². The van der Waals surface area contributed by atoms with Crippen molar-refractivity contribution in [2.45, 2.75) is 13.0 Å². The monoisotopic (exact) mass is 288 g/mol. The predicted molar refractivity (Wildman–Crippen MR) is 79.6 cm³/mol. The summed E-state index contributed by atoms with van der Waals surface area (Å²) < 4.78 is 18.2. The number of anilines is 1. The van der Waals surface area contributed by atoms with Gasteiger partial charge in [-0.1, -0.05) is 12.1 Å². The van der Waals surface area contributed by atoms with Gasteiger partial charge in [0.05, 0.1) is 6.61 Å². The smallest absolute Gasteiger partial charge is 0.244 e. The number of primary amides is 1. The maximum absolute atomic E-state index is 12.9. The van der Waals surface area contributed by atoms with Crippen molar-refractivity contribution < 1.29 is 13.9 Å². The van der Waals surface area contributed by atoms with E-state index >= 15 is 0 Å². The Kier molecular flexibility index (Phi) is 4.77. The highest BCUT2D eigenvalue weighted by Gasteiger charge is 2.17. The highest BCUT2D eigenvalue weighted by atomic mass is 19.1. The SMILES string of the molecule is CCOc1ccc(C(Nc2ccc(F)cc2)C(N)=O)cc1. The van der Waals surface area contributed by atoms with Crippen LogP contribution in [0.1, 0.15) is 18.5 Å². The fraction of sp³-hybridized carbons (Fsp3) is 0.188. The van der Waals surface area contributed by atoms with Crippen molar-refractivity contribution in [2.75, 3.05) is 11.9 Å². The second kappa shape index (κ2) is 6.74. The molecule has 0 saturated carbocycles. The Labute approximate surface area is 122 Å². The molecule has 2 aromatic carbocycles. The van der Waals surface area contributed by atoms with Gasteiger partial charge in [0, 0.05) is 5.69 Å². The Hall–Kier alpha value is -2.56. The van der Waals surface area contributed by atoms with Crippen molar-refractivity contribution in [1.29, 1.82) is 0 Å². The van der Waals surface area contributed by atoms with Crippen molar-refractivity contribution >= 4 is 11.6 Å². The second-order valence-corrected chi connectivity index (χ2v) is 4.49. The number of nitrogens with one attached hydrogen (secondary N) is 1. The molecule has 5 heteroatoms. The van der Waals surface area contributed by atoms with E-state index in [4.69, 9.17) is 10.5 Å². The van der Waals surface area contributed by atoms with Gasteiger partial charge in [-0.15, -0.1) is 0 Å². The number of ether oxygens (including phenoxy) is 1. The zero-order chi connectivity index (χ0) is 15.2. The van der Waals surface area contributed by atoms with Crippen LogP contribution in [0.25, 0.3) is 0 Å². The summed E-state index contributed by atoms with van der Waals surface area (Å²) >= 11 is 0. The molecule has 4 nitrogen and oxygen atoms in total. The molecule has 1 atom stereocenters. The number of amides is 1. The molecule has 2 aromatic rings. The number of benzene rings is 2. The van der Waals surface area contributed by atoms with Gasteiger partial charge in [0.25, 0.3) is 0 Å². The minimum atomic E-state index is -0.689. The molecular formula is C16H17FN2O2. The molecule has 0 aliphatic carbocycles. The molecule has 0 heterocycles. The lowest BCUT2D eigenvalue weighted by Crippen LogP contribution is -2.27. The first-order chi connectivity index (χ1) is 10.1. The lowest BCUT2D eigenvalue weighted by Gasteiger charge is -2.17. The molecule has 1 amide bonds. The van der Waals surface area contributed by atoms with Crippen LogP contribution in [0.3, 0.4) is 0 Å². The van der Waals surface area contributed by atoms with Crippen LogP contribution >= 0.6 is 0 Å². The van der Waals surface area contributed by atoms with Gasteiger partial charge in [-0.05, 0) is 48.9 Å². The van der Waals surface area contributed by atoms with Crippen LogP contribution in [-0.2, 0) is 4.79 Å². The van der Waals surface area contributed by atoms with E-state index < -0.39 is 11.9 Å². The lowest BCUT2D eigenvalue weighted by atomic mass is 10.1. The summed E-state index contributed by atoms with van der Waals surface area (Å²) in [6.07, 6.45) is 0. The number of halogens is 1. The molecule has 2 rings (SSSR count). The van der Waals surface area contributed by atoms with Crippen LogP contribution in [0, 0.1) is 5.82 Å². The average molecular weight is 288 g/mol. The minimum Gasteiger partial charge on any atom is -0.494 e. The molecule has 21 heavy (non-hydrogen) atoms. The van der Waals surface area contributed by atoms with Gasteiger partial charge in [-0.3, -0.25) is 4.79 Å². The van der Waals surface area contributed by atoms with Crippen molar-refractivity contribution in [3.63, 3.8) is 0 Å². The van der Waals surface area contributed by atoms with E-state index in [2.05, 4.69) is 5.32 Å². The second-order valence-electron chi connectivity index (χ2n) is 4.49. The summed E-state index contributed by atoms with van der Waals surface area (Å²) in [4.78, 5) is 11.6. The van der Waals surface area contributed by atoms with Crippen LogP contribution in [0.15, 0.2) is 48.5 Å². The number of nitrogens with two attached hydrogens (primary N) is 1. The third-order valence-electron chi connectivity index (χ3n) is 2.96. The topological polar surface area (TPSA) is 64.3 Å². The van der Waals surface area contributed by atoms with Crippen molar-refractivity contribution in [3.8, 4) is 5.75 Å². The zero-order valence-corrected chi connectivity index (χ0v) is 11.7. The molecule has 110 valence electrons. The Morgan fingerprint density at radius 1 is 1.19 bits per heavy atom. The third kappa shape index (κ3) is 3.95. The van der Waals surface area contributed by atoms with Gasteiger partial charge < -0.3 is 15.8 Å².